The summed E-state index contributed by atoms with van der Waals surface area (Å²) in [7, 11) is 0. The Balaban J connectivity index is 1.35. The van der Waals surface area contributed by atoms with Gasteiger partial charge in [0.25, 0.3) is 0 Å². The minimum absolute atomic E-state index is 0.531. The summed E-state index contributed by atoms with van der Waals surface area (Å²) in [4.78, 5) is 2.41. The second-order valence-electron chi connectivity index (χ2n) is 12.4. The van der Waals surface area contributed by atoms with Gasteiger partial charge in [0, 0.05) is 21.9 Å². The van der Waals surface area contributed by atoms with Gasteiger partial charge in [-0.2, -0.15) is 0 Å². The zero-order valence-corrected chi connectivity index (χ0v) is 25.6. The Morgan fingerprint density at radius 1 is 0.404 bits per heavy atom. The molecule has 0 spiro atoms. The Bertz CT molecular complexity index is 2430. The number of anilines is 3. The number of fused-ring (bicyclic) bond motifs is 7. The highest BCUT2D eigenvalue weighted by atomic mass is 16.5. The second kappa shape index (κ2) is 9.94. The number of hydrogen-bond acceptors (Lipinski definition) is 2. The van der Waals surface area contributed by atoms with Crippen LogP contribution in [-0.2, 0) is 5.41 Å². The van der Waals surface area contributed by atoms with Crippen LogP contribution in [0.4, 0.5) is 17.1 Å². The number of rotatable bonds is 4. The first kappa shape index (κ1) is 26.1. The van der Waals surface area contributed by atoms with E-state index in [1.54, 1.807) is 0 Å². The maximum Gasteiger partial charge on any atom is 0.156 e. The Morgan fingerprint density at radius 2 is 0.936 bits per heavy atom. The lowest BCUT2D eigenvalue weighted by molar-refractivity contribution is 0.439. The number of benzene rings is 8. The smallest absolute Gasteiger partial charge is 0.156 e. The fraction of sp³-hybridized carbons (Fsp3) is 0.0222. The van der Waals surface area contributed by atoms with E-state index in [0.717, 1.165) is 34.1 Å². The molecule has 8 aromatic carbocycles. The molecule has 0 aromatic heterocycles. The lowest BCUT2D eigenvalue weighted by Gasteiger charge is -2.41. The third-order valence-corrected chi connectivity index (χ3v) is 10.1. The Kier molecular flexibility index (Phi) is 5.53. The van der Waals surface area contributed by atoms with Crippen molar-refractivity contribution in [2.75, 3.05) is 4.90 Å². The highest BCUT2D eigenvalue weighted by Gasteiger charge is 2.52. The number of hydrogen-bond donors (Lipinski definition) is 0. The normalized spacial score (nSPS) is 15.5. The van der Waals surface area contributed by atoms with Gasteiger partial charge in [-0.1, -0.05) is 152 Å². The van der Waals surface area contributed by atoms with Crippen molar-refractivity contribution in [2.24, 2.45) is 0 Å². The fourth-order valence-corrected chi connectivity index (χ4v) is 8.24. The summed E-state index contributed by atoms with van der Waals surface area (Å²) >= 11 is 0. The minimum Gasteiger partial charge on any atom is -0.454 e. The molecule has 2 heteroatoms. The minimum atomic E-state index is -0.531. The van der Waals surface area contributed by atoms with Crippen LogP contribution in [0.1, 0.15) is 22.3 Å². The lowest BCUT2D eigenvalue weighted by Crippen LogP contribution is -2.32. The fourth-order valence-electron chi connectivity index (χ4n) is 8.24. The summed E-state index contributed by atoms with van der Waals surface area (Å²) in [5.74, 6) is 1.77. The van der Waals surface area contributed by atoms with Gasteiger partial charge >= 0.3 is 0 Å². The van der Waals surface area contributed by atoms with Crippen LogP contribution in [0.25, 0.3) is 32.7 Å². The van der Waals surface area contributed by atoms with Crippen molar-refractivity contribution in [3.63, 3.8) is 0 Å². The maximum atomic E-state index is 7.18. The Hall–Kier alpha value is -6.12. The van der Waals surface area contributed by atoms with E-state index in [1.165, 1.54) is 49.4 Å². The summed E-state index contributed by atoms with van der Waals surface area (Å²) < 4.78 is 7.18. The monoisotopic (exact) mass is 599 g/mol. The molecule has 1 aliphatic heterocycles. The molecule has 10 rings (SSSR count). The predicted octanol–water partition coefficient (Wildman–Crippen LogP) is 11.9. The summed E-state index contributed by atoms with van der Waals surface area (Å²) in [6, 6.07) is 63.5. The zero-order chi connectivity index (χ0) is 31.0. The van der Waals surface area contributed by atoms with Gasteiger partial charge in [0.05, 0.1) is 22.5 Å². The highest BCUT2D eigenvalue weighted by molar-refractivity contribution is 6.06. The maximum absolute atomic E-state index is 7.18. The van der Waals surface area contributed by atoms with Crippen molar-refractivity contribution in [1.29, 1.82) is 0 Å². The molecule has 1 heterocycles. The van der Waals surface area contributed by atoms with Crippen LogP contribution < -0.4 is 9.64 Å². The van der Waals surface area contributed by atoms with E-state index in [1.807, 2.05) is 0 Å². The molecule has 0 fully saturated rings. The van der Waals surface area contributed by atoms with E-state index in [9.17, 15) is 0 Å². The zero-order valence-electron chi connectivity index (χ0n) is 25.6. The van der Waals surface area contributed by atoms with Gasteiger partial charge in [-0.15, -0.1) is 0 Å². The van der Waals surface area contributed by atoms with Crippen LogP contribution in [0, 0.1) is 0 Å². The number of para-hydroxylation sites is 1. The molecule has 1 unspecified atom stereocenters. The van der Waals surface area contributed by atoms with E-state index < -0.39 is 5.41 Å². The number of ether oxygens (including phenoxy) is 1. The third kappa shape index (κ3) is 3.55. The van der Waals surface area contributed by atoms with Gasteiger partial charge in [0.2, 0.25) is 0 Å². The van der Waals surface area contributed by atoms with Gasteiger partial charge in [-0.05, 0) is 57.3 Å². The van der Waals surface area contributed by atoms with Gasteiger partial charge in [-0.25, -0.2) is 0 Å². The summed E-state index contributed by atoms with van der Waals surface area (Å²) in [5.41, 5.74) is 10.1. The van der Waals surface area contributed by atoms with Crippen LogP contribution in [0.15, 0.2) is 176 Å². The molecule has 0 saturated heterocycles. The molecule has 0 bridgehead atoms. The molecule has 1 atom stereocenters. The van der Waals surface area contributed by atoms with Crippen molar-refractivity contribution in [3.8, 4) is 22.6 Å². The van der Waals surface area contributed by atoms with E-state index in [0.29, 0.717) is 0 Å². The van der Waals surface area contributed by atoms with Crippen LogP contribution in [0.5, 0.6) is 11.5 Å². The van der Waals surface area contributed by atoms with Gasteiger partial charge in [-0.3, -0.25) is 0 Å². The topological polar surface area (TPSA) is 12.5 Å². The van der Waals surface area contributed by atoms with E-state index in [4.69, 9.17) is 4.74 Å². The molecular weight excluding hydrogens is 571 g/mol. The van der Waals surface area contributed by atoms with Crippen LogP contribution in [-0.4, -0.2) is 0 Å². The van der Waals surface area contributed by atoms with Crippen LogP contribution >= 0.6 is 0 Å². The third-order valence-electron chi connectivity index (χ3n) is 10.1. The average molecular weight is 600 g/mol. The van der Waals surface area contributed by atoms with Gasteiger partial charge in [0.1, 0.15) is 5.75 Å². The predicted molar refractivity (Wildman–Crippen MR) is 194 cm³/mol. The quantitative estimate of drug-likeness (QED) is 0.200. The average Bonchev–Trinajstić information content (AvgIpc) is 3.45. The summed E-state index contributed by atoms with van der Waals surface area (Å²) in [5, 5.41) is 4.76. The van der Waals surface area contributed by atoms with Crippen molar-refractivity contribution in [2.45, 2.75) is 5.41 Å². The first-order valence-electron chi connectivity index (χ1n) is 16.2. The van der Waals surface area contributed by atoms with Crippen molar-refractivity contribution in [3.05, 3.63) is 198 Å². The molecule has 1 aliphatic carbocycles. The van der Waals surface area contributed by atoms with Crippen LogP contribution in [0.2, 0.25) is 0 Å². The van der Waals surface area contributed by atoms with E-state index in [2.05, 4.69) is 181 Å². The first-order valence-corrected chi connectivity index (χ1v) is 16.2. The van der Waals surface area contributed by atoms with Crippen molar-refractivity contribution in [1.82, 2.24) is 0 Å². The van der Waals surface area contributed by atoms with E-state index >= 15 is 0 Å². The van der Waals surface area contributed by atoms with Gasteiger partial charge in [0.15, 0.2) is 5.75 Å². The summed E-state index contributed by atoms with van der Waals surface area (Å²) in [6.45, 7) is 0. The molecule has 220 valence electrons. The molecule has 8 aromatic rings. The van der Waals surface area contributed by atoms with E-state index in [-0.39, 0.29) is 0 Å². The molecule has 0 amide bonds. The molecule has 0 radical (unpaired) electrons. The molecule has 47 heavy (non-hydrogen) atoms. The molecule has 0 N–H and O–H groups in total. The lowest BCUT2D eigenvalue weighted by atomic mass is 9.66. The van der Waals surface area contributed by atoms with Crippen molar-refractivity contribution >= 4 is 38.6 Å². The summed E-state index contributed by atoms with van der Waals surface area (Å²) in [6.07, 6.45) is 0. The van der Waals surface area contributed by atoms with Crippen LogP contribution in [0.3, 0.4) is 0 Å². The standard InChI is InChI=1S/C45H29NO/c1-2-18-32(19-3-1)45-37-24-9-8-22-35(37)36-23-12-29-42(43(36)45)47-44-38(45)25-13-28-41(44)46(39-26-10-16-30-14-4-6-20-33(30)39)40-27-11-17-31-15-5-7-21-34(31)40/h1-29H. The molecule has 2 aliphatic rings. The largest absolute Gasteiger partial charge is 0.454 e. The molecular formula is C45H29NO. The molecule has 0 saturated carbocycles. The first-order chi connectivity index (χ1) is 23.3. The highest BCUT2D eigenvalue weighted by Crippen LogP contribution is 2.65. The Morgan fingerprint density at radius 3 is 1.68 bits per heavy atom. The Labute approximate surface area is 273 Å². The second-order valence-corrected chi connectivity index (χ2v) is 12.4. The SMILES string of the molecule is c1ccc(C23c4ccccc4-c4cccc(c42)Oc2c(N(c4cccc5ccccc45)c4cccc5ccccc45)cccc23)cc1. The van der Waals surface area contributed by atoms with Crippen molar-refractivity contribution < 1.29 is 4.74 Å². The molecule has 2 nitrogen and oxygen atoms in total. The number of nitrogens with zero attached hydrogens (tertiary/aromatic N) is 1. The van der Waals surface area contributed by atoms with Gasteiger partial charge < -0.3 is 9.64 Å².